The van der Waals surface area contributed by atoms with E-state index in [1.165, 1.54) is 6.07 Å². The summed E-state index contributed by atoms with van der Waals surface area (Å²) >= 11 is 5.73. The van der Waals surface area contributed by atoms with Gasteiger partial charge in [0, 0.05) is 23.2 Å². The quantitative estimate of drug-likeness (QED) is 0.857. The van der Waals surface area contributed by atoms with Gasteiger partial charge >= 0.3 is 0 Å². The number of halogens is 2. The second-order valence-electron chi connectivity index (χ2n) is 4.04. The van der Waals surface area contributed by atoms with Crippen molar-refractivity contribution in [3.8, 4) is 0 Å². The molecule has 0 aliphatic carbocycles. The first-order chi connectivity index (χ1) is 7.54. The van der Waals surface area contributed by atoms with Crippen molar-refractivity contribution < 1.29 is 4.39 Å². The van der Waals surface area contributed by atoms with E-state index < -0.39 is 0 Å². The summed E-state index contributed by atoms with van der Waals surface area (Å²) in [7, 11) is 3.94. The van der Waals surface area contributed by atoms with Gasteiger partial charge in [-0.15, -0.1) is 0 Å². The predicted octanol–water partition coefficient (Wildman–Crippen LogP) is 2.69. The van der Waals surface area contributed by atoms with Crippen molar-refractivity contribution in [1.29, 1.82) is 0 Å². The molecule has 0 heterocycles. The van der Waals surface area contributed by atoms with Gasteiger partial charge in [0.05, 0.1) is 0 Å². The summed E-state index contributed by atoms with van der Waals surface area (Å²) < 4.78 is 13.7. The zero-order chi connectivity index (χ0) is 12.1. The van der Waals surface area contributed by atoms with Gasteiger partial charge in [0.1, 0.15) is 5.82 Å². The molecule has 0 aliphatic heterocycles. The molecule has 4 heteroatoms. The summed E-state index contributed by atoms with van der Waals surface area (Å²) in [6.45, 7) is 3.57. The highest BCUT2D eigenvalue weighted by molar-refractivity contribution is 6.30. The lowest BCUT2D eigenvalue weighted by molar-refractivity contribution is 0.339. The molecule has 1 unspecified atom stereocenters. The number of nitrogens with zero attached hydrogens (tertiary/aromatic N) is 1. The minimum atomic E-state index is -0.250. The van der Waals surface area contributed by atoms with Gasteiger partial charge < -0.3 is 10.2 Å². The van der Waals surface area contributed by atoms with Crippen LogP contribution in [0.25, 0.3) is 0 Å². The average molecular weight is 245 g/mol. The Morgan fingerprint density at radius 1 is 1.44 bits per heavy atom. The fourth-order valence-corrected chi connectivity index (χ4v) is 1.83. The van der Waals surface area contributed by atoms with Gasteiger partial charge in [-0.3, -0.25) is 0 Å². The summed E-state index contributed by atoms with van der Waals surface area (Å²) in [6, 6.07) is 4.82. The molecule has 0 saturated carbocycles. The van der Waals surface area contributed by atoms with Crippen LogP contribution >= 0.6 is 11.6 Å². The molecule has 1 N–H and O–H groups in total. The Bertz CT molecular complexity index is 342. The second-order valence-corrected chi connectivity index (χ2v) is 4.47. The highest BCUT2D eigenvalue weighted by Crippen LogP contribution is 2.21. The van der Waals surface area contributed by atoms with Crippen LogP contribution < -0.4 is 5.32 Å². The fourth-order valence-electron chi connectivity index (χ4n) is 1.67. The number of rotatable bonds is 5. The standard InChI is InChI=1S/C12H18ClFN2/c1-4-15-12(8-16(2)3)10-6-5-9(13)7-11(10)14/h5-7,12,15H,4,8H2,1-3H3. The van der Waals surface area contributed by atoms with E-state index in [4.69, 9.17) is 11.6 Å². The lowest BCUT2D eigenvalue weighted by Crippen LogP contribution is -2.31. The van der Waals surface area contributed by atoms with Crippen molar-refractivity contribution in [2.75, 3.05) is 27.2 Å². The van der Waals surface area contributed by atoms with E-state index in [1.54, 1.807) is 12.1 Å². The first-order valence-corrected chi connectivity index (χ1v) is 5.75. The number of benzene rings is 1. The van der Waals surface area contributed by atoms with Gasteiger partial charge in [0.2, 0.25) is 0 Å². The Hall–Kier alpha value is -0.640. The monoisotopic (exact) mass is 244 g/mol. The summed E-state index contributed by atoms with van der Waals surface area (Å²) in [5.74, 6) is -0.250. The van der Waals surface area contributed by atoms with E-state index in [2.05, 4.69) is 5.32 Å². The van der Waals surface area contributed by atoms with Gasteiger partial charge in [-0.2, -0.15) is 0 Å². The normalized spacial score (nSPS) is 13.1. The number of hydrogen-bond donors (Lipinski definition) is 1. The Labute approximate surface area is 101 Å². The van der Waals surface area contributed by atoms with Gasteiger partial charge in [-0.1, -0.05) is 24.6 Å². The minimum absolute atomic E-state index is 0.00253. The maximum atomic E-state index is 13.7. The highest BCUT2D eigenvalue weighted by Gasteiger charge is 2.15. The molecular formula is C12H18ClFN2. The molecule has 0 radical (unpaired) electrons. The average Bonchev–Trinajstić information content (AvgIpc) is 2.16. The Kier molecular flexibility index (Phi) is 5.19. The topological polar surface area (TPSA) is 15.3 Å². The van der Waals surface area contributed by atoms with Crippen LogP contribution in [0.4, 0.5) is 4.39 Å². The van der Waals surface area contributed by atoms with Gasteiger partial charge in [0.25, 0.3) is 0 Å². The lowest BCUT2D eigenvalue weighted by atomic mass is 10.1. The molecule has 0 aromatic heterocycles. The molecule has 1 rings (SSSR count). The van der Waals surface area contributed by atoms with Crippen LogP contribution in [0.3, 0.4) is 0 Å². The molecule has 2 nitrogen and oxygen atoms in total. The Morgan fingerprint density at radius 2 is 2.12 bits per heavy atom. The van der Waals surface area contributed by atoms with E-state index in [-0.39, 0.29) is 11.9 Å². The molecule has 0 spiro atoms. The van der Waals surface area contributed by atoms with Crippen LogP contribution in [0, 0.1) is 5.82 Å². The molecule has 90 valence electrons. The summed E-state index contributed by atoms with van der Waals surface area (Å²) in [4.78, 5) is 2.03. The van der Waals surface area contributed by atoms with E-state index >= 15 is 0 Å². The van der Waals surface area contributed by atoms with E-state index in [1.807, 2.05) is 25.9 Å². The van der Waals surface area contributed by atoms with Gasteiger partial charge in [-0.25, -0.2) is 4.39 Å². The summed E-state index contributed by atoms with van der Waals surface area (Å²) in [6.07, 6.45) is 0. The largest absolute Gasteiger partial charge is 0.309 e. The van der Waals surface area contributed by atoms with E-state index in [0.717, 1.165) is 13.1 Å². The molecule has 1 aromatic carbocycles. The second kappa shape index (κ2) is 6.18. The first-order valence-electron chi connectivity index (χ1n) is 5.37. The van der Waals surface area contributed by atoms with Crippen molar-refractivity contribution in [2.45, 2.75) is 13.0 Å². The summed E-state index contributed by atoms with van der Waals surface area (Å²) in [5.41, 5.74) is 0.667. The smallest absolute Gasteiger partial charge is 0.129 e. The molecule has 0 fully saturated rings. The third-order valence-corrected chi connectivity index (χ3v) is 2.57. The number of hydrogen-bond acceptors (Lipinski definition) is 2. The summed E-state index contributed by atoms with van der Waals surface area (Å²) in [5, 5.41) is 3.70. The zero-order valence-corrected chi connectivity index (χ0v) is 10.7. The Balaban J connectivity index is 2.91. The van der Waals surface area contributed by atoms with Crippen LogP contribution in [-0.2, 0) is 0 Å². The minimum Gasteiger partial charge on any atom is -0.309 e. The zero-order valence-electron chi connectivity index (χ0n) is 9.93. The van der Waals surface area contributed by atoms with Gasteiger partial charge in [0.15, 0.2) is 0 Å². The van der Waals surface area contributed by atoms with Crippen molar-refractivity contribution in [3.05, 3.63) is 34.6 Å². The first kappa shape index (κ1) is 13.4. The van der Waals surface area contributed by atoms with Crippen molar-refractivity contribution in [1.82, 2.24) is 10.2 Å². The lowest BCUT2D eigenvalue weighted by Gasteiger charge is -2.22. The third kappa shape index (κ3) is 3.74. The van der Waals surface area contributed by atoms with Crippen LogP contribution in [0.15, 0.2) is 18.2 Å². The third-order valence-electron chi connectivity index (χ3n) is 2.34. The molecule has 0 amide bonds. The van der Waals surface area contributed by atoms with Crippen LogP contribution in [0.2, 0.25) is 5.02 Å². The fraction of sp³-hybridized carbons (Fsp3) is 0.500. The van der Waals surface area contributed by atoms with Crippen molar-refractivity contribution >= 4 is 11.6 Å². The predicted molar refractivity (Wildman–Crippen MR) is 66.4 cm³/mol. The van der Waals surface area contributed by atoms with E-state index in [9.17, 15) is 4.39 Å². The van der Waals surface area contributed by atoms with E-state index in [0.29, 0.717) is 10.6 Å². The SMILES string of the molecule is CCNC(CN(C)C)c1ccc(Cl)cc1F. The maximum absolute atomic E-state index is 13.7. The van der Waals surface area contributed by atoms with Crippen LogP contribution in [0.1, 0.15) is 18.5 Å². The Morgan fingerprint density at radius 3 is 2.62 bits per heavy atom. The highest BCUT2D eigenvalue weighted by atomic mass is 35.5. The molecule has 0 bridgehead atoms. The molecule has 0 aliphatic rings. The van der Waals surface area contributed by atoms with Crippen molar-refractivity contribution in [3.63, 3.8) is 0 Å². The van der Waals surface area contributed by atoms with Crippen LogP contribution in [-0.4, -0.2) is 32.1 Å². The molecule has 1 aromatic rings. The molecule has 0 saturated heterocycles. The number of nitrogens with one attached hydrogen (secondary N) is 1. The van der Waals surface area contributed by atoms with Crippen molar-refractivity contribution in [2.24, 2.45) is 0 Å². The molecular weight excluding hydrogens is 227 g/mol. The van der Waals surface area contributed by atoms with Crippen LogP contribution in [0.5, 0.6) is 0 Å². The molecule has 16 heavy (non-hydrogen) atoms. The molecule has 1 atom stereocenters. The number of likely N-dealkylation sites (N-methyl/N-ethyl adjacent to an activating group) is 2. The maximum Gasteiger partial charge on any atom is 0.129 e. The van der Waals surface area contributed by atoms with Gasteiger partial charge in [-0.05, 0) is 32.8 Å².